The molecule has 36 heavy (non-hydrogen) atoms. The lowest BCUT2D eigenvalue weighted by Gasteiger charge is -2.30. The fraction of sp³-hybridized carbons (Fsp3) is 0.462. The molecule has 1 aromatic carbocycles. The Bertz CT molecular complexity index is 1090. The summed E-state index contributed by atoms with van der Waals surface area (Å²) in [7, 11) is 1.38. The third-order valence-corrected chi connectivity index (χ3v) is 5.59. The highest BCUT2D eigenvalue weighted by molar-refractivity contribution is 5.98. The maximum atomic E-state index is 13.6. The quantitative estimate of drug-likeness (QED) is 0.362. The predicted molar refractivity (Wildman–Crippen MR) is 129 cm³/mol. The summed E-state index contributed by atoms with van der Waals surface area (Å²) in [5.74, 6) is -2.18. The maximum Gasteiger partial charge on any atom is 0.328 e. The summed E-state index contributed by atoms with van der Waals surface area (Å²) in [4.78, 5) is 40.8. The van der Waals surface area contributed by atoms with Crippen molar-refractivity contribution in [3.05, 3.63) is 53.1 Å². The van der Waals surface area contributed by atoms with Crippen LogP contribution in [-0.2, 0) is 19.1 Å². The summed E-state index contributed by atoms with van der Waals surface area (Å²) in [6.45, 7) is 9.82. The Morgan fingerprint density at radius 1 is 1.11 bits per heavy atom. The maximum absolute atomic E-state index is 13.6. The van der Waals surface area contributed by atoms with Crippen molar-refractivity contribution in [3.8, 4) is 11.5 Å². The minimum Gasteiger partial charge on any atom is -0.493 e. The molecule has 2 unspecified atom stereocenters. The average molecular weight is 505 g/mol. The van der Waals surface area contributed by atoms with Gasteiger partial charge in [0.25, 0.3) is 5.91 Å². The molecular formula is C26H33FN2O7. The van der Waals surface area contributed by atoms with Crippen LogP contribution >= 0.6 is 0 Å². The molecular weight excluding hydrogens is 471 g/mol. The van der Waals surface area contributed by atoms with Crippen LogP contribution in [0.4, 0.5) is 4.39 Å². The van der Waals surface area contributed by atoms with E-state index in [1.165, 1.54) is 45.4 Å². The first-order valence-electron chi connectivity index (χ1n) is 11.5. The van der Waals surface area contributed by atoms with Gasteiger partial charge in [0.2, 0.25) is 6.79 Å². The number of halogens is 1. The lowest BCUT2D eigenvalue weighted by atomic mass is 9.82. The fourth-order valence-corrected chi connectivity index (χ4v) is 3.91. The number of pyridine rings is 1. The van der Waals surface area contributed by atoms with E-state index in [4.69, 9.17) is 18.9 Å². The third-order valence-electron chi connectivity index (χ3n) is 5.59. The summed E-state index contributed by atoms with van der Waals surface area (Å²) in [5.41, 5.74) is 1.50. The van der Waals surface area contributed by atoms with Crippen LogP contribution < -0.4 is 14.8 Å². The highest BCUT2D eigenvalue weighted by Crippen LogP contribution is 2.33. The number of hydrogen-bond donors (Lipinski definition) is 1. The van der Waals surface area contributed by atoms with Gasteiger partial charge in [0.15, 0.2) is 17.2 Å². The van der Waals surface area contributed by atoms with E-state index in [0.717, 1.165) is 11.1 Å². The van der Waals surface area contributed by atoms with Gasteiger partial charge in [-0.25, -0.2) is 14.2 Å². The number of carbonyl (C=O) groups is 3. The molecule has 0 spiro atoms. The molecule has 1 N–H and O–H groups in total. The first-order chi connectivity index (χ1) is 17.0. The molecule has 1 amide bonds. The van der Waals surface area contributed by atoms with Gasteiger partial charge in [0, 0.05) is 25.1 Å². The van der Waals surface area contributed by atoms with Crippen molar-refractivity contribution in [3.63, 3.8) is 0 Å². The molecule has 1 aromatic heterocycles. The lowest BCUT2D eigenvalue weighted by molar-refractivity contribution is -0.152. The van der Waals surface area contributed by atoms with Gasteiger partial charge < -0.3 is 24.3 Å². The number of hydrogen-bond acceptors (Lipinski definition) is 8. The van der Waals surface area contributed by atoms with Crippen LogP contribution in [0.1, 0.15) is 62.2 Å². The number of carbonyl (C=O) groups excluding carboxylic acids is 3. The summed E-state index contributed by atoms with van der Waals surface area (Å²) >= 11 is 0. The molecule has 2 rings (SSSR count). The number of aromatic nitrogens is 1. The monoisotopic (exact) mass is 504 g/mol. The number of amides is 1. The molecule has 3 atom stereocenters. The SMILES string of the molecule is COc1ccnc(C(=O)N[C@@H](C)C(=O)OC(C)C(c2ccc(F)cc2C)C(C)C)c1OCOC(C)=O. The minimum absolute atomic E-state index is 0.0423. The first kappa shape index (κ1) is 28.5. The highest BCUT2D eigenvalue weighted by Gasteiger charge is 2.30. The Balaban J connectivity index is 2.14. The standard InChI is InChI=1S/C26H33FN2O7/c1-14(2)22(20-9-8-19(27)12-15(20)3)17(5)36-26(32)16(4)29-25(31)23-24(35-13-34-18(6)30)21(33-7)10-11-28-23/h8-12,14,16-17,22H,13H2,1-7H3,(H,29,31)/t16-,17?,22?/m0/s1. The average Bonchev–Trinajstić information content (AvgIpc) is 2.80. The molecule has 0 radical (unpaired) electrons. The summed E-state index contributed by atoms with van der Waals surface area (Å²) < 4.78 is 34.7. The van der Waals surface area contributed by atoms with Crippen LogP contribution in [-0.4, -0.2) is 48.9 Å². The van der Waals surface area contributed by atoms with Crippen molar-refractivity contribution in [1.82, 2.24) is 10.3 Å². The largest absolute Gasteiger partial charge is 0.493 e. The predicted octanol–water partition coefficient (Wildman–Crippen LogP) is 3.93. The Labute approximate surface area is 210 Å². The zero-order valence-electron chi connectivity index (χ0n) is 21.6. The summed E-state index contributed by atoms with van der Waals surface area (Å²) in [6, 6.07) is 5.00. The fourth-order valence-electron chi connectivity index (χ4n) is 3.91. The van der Waals surface area contributed by atoms with Gasteiger partial charge in [-0.2, -0.15) is 0 Å². The van der Waals surface area contributed by atoms with Crippen molar-refractivity contribution in [1.29, 1.82) is 0 Å². The molecule has 0 aliphatic carbocycles. The normalized spacial score (nSPS) is 13.4. The first-order valence-corrected chi connectivity index (χ1v) is 11.5. The van der Waals surface area contributed by atoms with E-state index in [0.29, 0.717) is 0 Å². The van der Waals surface area contributed by atoms with Gasteiger partial charge in [-0.15, -0.1) is 0 Å². The van der Waals surface area contributed by atoms with Gasteiger partial charge in [0.1, 0.15) is 18.0 Å². The van der Waals surface area contributed by atoms with E-state index in [-0.39, 0.29) is 34.8 Å². The van der Waals surface area contributed by atoms with Crippen molar-refractivity contribution >= 4 is 17.8 Å². The van der Waals surface area contributed by atoms with Gasteiger partial charge >= 0.3 is 11.9 Å². The smallest absolute Gasteiger partial charge is 0.328 e. The zero-order chi connectivity index (χ0) is 27.0. The van der Waals surface area contributed by atoms with Crippen LogP contribution in [0.3, 0.4) is 0 Å². The van der Waals surface area contributed by atoms with E-state index >= 15 is 0 Å². The second kappa shape index (κ2) is 12.9. The van der Waals surface area contributed by atoms with Crippen LogP contribution in [0, 0.1) is 18.7 Å². The van der Waals surface area contributed by atoms with Crippen LogP contribution in [0.25, 0.3) is 0 Å². The van der Waals surface area contributed by atoms with Gasteiger partial charge in [-0.05, 0) is 49.9 Å². The number of esters is 2. The van der Waals surface area contributed by atoms with Gasteiger partial charge in [-0.1, -0.05) is 19.9 Å². The molecule has 0 fully saturated rings. The minimum atomic E-state index is -1.02. The Morgan fingerprint density at radius 3 is 2.39 bits per heavy atom. The third kappa shape index (κ3) is 7.40. The van der Waals surface area contributed by atoms with E-state index < -0.39 is 36.8 Å². The number of nitrogens with zero attached hydrogens (tertiary/aromatic N) is 1. The van der Waals surface area contributed by atoms with Gasteiger partial charge in [0.05, 0.1) is 7.11 Å². The van der Waals surface area contributed by atoms with Gasteiger partial charge in [-0.3, -0.25) is 9.59 Å². The van der Waals surface area contributed by atoms with Crippen molar-refractivity contribution in [2.45, 2.75) is 59.6 Å². The lowest BCUT2D eigenvalue weighted by Crippen LogP contribution is -2.42. The van der Waals surface area contributed by atoms with E-state index in [1.54, 1.807) is 13.0 Å². The van der Waals surface area contributed by atoms with Crippen molar-refractivity contribution in [2.24, 2.45) is 5.92 Å². The Morgan fingerprint density at radius 2 is 1.81 bits per heavy atom. The second-order valence-corrected chi connectivity index (χ2v) is 8.70. The number of benzene rings is 1. The van der Waals surface area contributed by atoms with Crippen LogP contribution in [0.5, 0.6) is 11.5 Å². The van der Waals surface area contributed by atoms with Crippen LogP contribution in [0.2, 0.25) is 0 Å². The summed E-state index contributed by atoms with van der Waals surface area (Å²) in [5, 5.41) is 2.55. The molecule has 1 heterocycles. The molecule has 10 heteroatoms. The molecule has 0 saturated carbocycles. The topological polar surface area (TPSA) is 113 Å². The number of aryl methyl sites for hydroxylation is 1. The Hall–Kier alpha value is -3.69. The number of rotatable bonds is 11. The molecule has 2 aromatic rings. The van der Waals surface area contributed by atoms with E-state index in [1.807, 2.05) is 20.8 Å². The second-order valence-electron chi connectivity index (χ2n) is 8.70. The highest BCUT2D eigenvalue weighted by atomic mass is 19.1. The van der Waals surface area contributed by atoms with Crippen LogP contribution in [0.15, 0.2) is 30.5 Å². The molecule has 0 saturated heterocycles. The number of methoxy groups -OCH3 is 1. The van der Waals surface area contributed by atoms with Crippen molar-refractivity contribution < 1.29 is 37.7 Å². The van der Waals surface area contributed by atoms with E-state index in [9.17, 15) is 18.8 Å². The number of nitrogens with one attached hydrogen (secondary N) is 1. The van der Waals surface area contributed by atoms with E-state index in [2.05, 4.69) is 10.3 Å². The molecule has 0 aliphatic rings. The summed E-state index contributed by atoms with van der Waals surface area (Å²) in [6.07, 6.45) is 0.800. The molecule has 196 valence electrons. The molecule has 0 aliphatic heterocycles. The molecule has 9 nitrogen and oxygen atoms in total. The zero-order valence-corrected chi connectivity index (χ0v) is 21.6. The number of ether oxygens (including phenoxy) is 4. The Kier molecular flexibility index (Phi) is 10.2. The van der Waals surface area contributed by atoms with Crippen molar-refractivity contribution in [2.75, 3.05) is 13.9 Å². The molecule has 0 bridgehead atoms.